The van der Waals surface area contributed by atoms with Crippen LogP contribution in [0.3, 0.4) is 0 Å². The smallest absolute Gasteiger partial charge is 0.407 e. The highest BCUT2D eigenvalue weighted by Crippen LogP contribution is 2.16. The molecule has 2 N–H and O–H groups in total. The molecule has 0 aromatic heterocycles. The van der Waals surface area contributed by atoms with E-state index in [2.05, 4.69) is 17.6 Å². The second-order valence-corrected chi connectivity index (χ2v) is 8.06. The molecule has 0 fully saturated rings. The van der Waals surface area contributed by atoms with Gasteiger partial charge in [0.05, 0.1) is 6.04 Å². The predicted octanol–water partition coefficient (Wildman–Crippen LogP) is 2.73. The van der Waals surface area contributed by atoms with Gasteiger partial charge in [-0.2, -0.15) is 0 Å². The van der Waals surface area contributed by atoms with Gasteiger partial charge in [0.2, 0.25) is 5.91 Å². The van der Waals surface area contributed by atoms with Gasteiger partial charge in [0.25, 0.3) is 0 Å². The van der Waals surface area contributed by atoms with Gasteiger partial charge in [0.15, 0.2) is 0 Å². The lowest BCUT2D eigenvalue weighted by Gasteiger charge is -2.24. The maximum atomic E-state index is 12.5. The third kappa shape index (κ3) is 11.6. The van der Waals surface area contributed by atoms with Crippen LogP contribution in [-0.2, 0) is 14.3 Å². The lowest BCUT2D eigenvalue weighted by molar-refractivity contribution is -0.131. The fraction of sp³-hybridized carbons (Fsp3) is 0.850. The average molecular weight is 386 g/mol. The van der Waals surface area contributed by atoms with Crippen LogP contribution in [0.15, 0.2) is 0 Å². The molecular formula is C20H39N3O4. The Morgan fingerprint density at radius 1 is 1.15 bits per heavy atom. The van der Waals surface area contributed by atoms with Crippen molar-refractivity contribution in [3.63, 3.8) is 0 Å². The zero-order chi connectivity index (χ0) is 21.0. The molecular weight excluding hydrogens is 346 g/mol. The molecule has 0 aliphatic rings. The normalized spacial score (nSPS) is 13.8. The van der Waals surface area contributed by atoms with E-state index in [-0.39, 0.29) is 30.1 Å². The SMILES string of the molecule is CCCN(C)[C@@H](C)C(=O)C[C@H](CCCCNC(=O)OC(C)(C)C)C(=O)NC. The molecule has 7 heteroatoms. The summed E-state index contributed by atoms with van der Waals surface area (Å²) in [5.41, 5.74) is -0.517. The molecule has 0 spiro atoms. The van der Waals surface area contributed by atoms with Gasteiger partial charge in [0.1, 0.15) is 11.4 Å². The Bertz CT molecular complexity index is 474. The highest BCUT2D eigenvalue weighted by molar-refractivity contribution is 5.89. The fourth-order valence-electron chi connectivity index (χ4n) is 2.76. The van der Waals surface area contributed by atoms with Crippen molar-refractivity contribution in [1.29, 1.82) is 0 Å². The number of alkyl carbamates (subject to hydrolysis) is 1. The number of hydrogen-bond acceptors (Lipinski definition) is 5. The molecule has 7 nitrogen and oxygen atoms in total. The summed E-state index contributed by atoms with van der Waals surface area (Å²) in [5.74, 6) is -0.346. The number of carbonyl (C=O) groups excluding carboxylic acids is 3. The monoisotopic (exact) mass is 385 g/mol. The van der Waals surface area contributed by atoms with Crippen molar-refractivity contribution in [2.45, 2.75) is 78.4 Å². The largest absolute Gasteiger partial charge is 0.444 e. The van der Waals surface area contributed by atoms with E-state index in [1.807, 2.05) is 39.6 Å². The van der Waals surface area contributed by atoms with E-state index in [4.69, 9.17) is 4.74 Å². The van der Waals surface area contributed by atoms with E-state index in [0.717, 1.165) is 25.8 Å². The first-order chi connectivity index (χ1) is 12.5. The number of Topliss-reactive ketones (excluding diaryl/α,β-unsaturated/α-hetero) is 1. The third-order valence-electron chi connectivity index (χ3n) is 4.42. The molecule has 0 rings (SSSR count). The van der Waals surface area contributed by atoms with Crippen LogP contribution in [0.1, 0.15) is 66.7 Å². The Kier molecular flexibility index (Phi) is 11.9. The van der Waals surface area contributed by atoms with Gasteiger partial charge < -0.3 is 15.4 Å². The first-order valence-electron chi connectivity index (χ1n) is 9.93. The van der Waals surface area contributed by atoms with Crippen molar-refractivity contribution in [2.75, 3.05) is 27.2 Å². The lowest BCUT2D eigenvalue weighted by atomic mass is 9.92. The zero-order valence-electron chi connectivity index (χ0n) is 18.2. The minimum absolute atomic E-state index is 0.0893. The number of ketones is 1. The number of likely N-dealkylation sites (N-methyl/N-ethyl adjacent to an activating group) is 1. The van der Waals surface area contributed by atoms with E-state index < -0.39 is 11.7 Å². The van der Waals surface area contributed by atoms with Gasteiger partial charge in [-0.3, -0.25) is 14.5 Å². The van der Waals surface area contributed by atoms with Crippen molar-refractivity contribution in [3.05, 3.63) is 0 Å². The molecule has 0 unspecified atom stereocenters. The fourth-order valence-corrected chi connectivity index (χ4v) is 2.76. The minimum Gasteiger partial charge on any atom is -0.444 e. The van der Waals surface area contributed by atoms with Gasteiger partial charge in [-0.1, -0.05) is 13.3 Å². The molecule has 0 aromatic rings. The number of ether oxygens (including phenoxy) is 1. The van der Waals surface area contributed by atoms with Crippen molar-refractivity contribution in [2.24, 2.45) is 5.92 Å². The molecule has 2 atom stereocenters. The number of carbonyl (C=O) groups is 3. The first kappa shape index (κ1) is 25.4. The number of nitrogens with one attached hydrogen (secondary N) is 2. The Labute approximate surface area is 164 Å². The number of unbranched alkanes of at least 4 members (excludes halogenated alkanes) is 1. The van der Waals surface area contributed by atoms with Gasteiger partial charge in [0, 0.05) is 25.9 Å². The first-order valence-corrected chi connectivity index (χ1v) is 9.93. The van der Waals surface area contributed by atoms with Crippen LogP contribution >= 0.6 is 0 Å². The van der Waals surface area contributed by atoms with E-state index >= 15 is 0 Å². The molecule has 0 aliphatic carbocycles. The predicted molar refractivity (Wildman–Crippen MR) is 108 cm³/mol. The number of nitrogens with zero attached hydrogens (tertiary/aromatic N) is 1. The molecule has 0 heterocycles. The van der Waals surface area contributed by atoms with Gasteiger partial charge in [-0.15, -0.1) is 0 Å². The topological polar surface area (TPSA) is 87.7 Å². The lowest BCUT2D eigenvalue weighted by Crippen LogP contribution is -2.39. The summed E-state index contributed by atoms with van der Waals surface area (Å²) in [6, 6.07) is -0.189. The standard InChI is InChI=1S/C20H39N3O4/c1-8-13-23(7)15(2)17(24)14-16(18(25)21-6)11-9-10-12-22-19(26)27-20(3,4)5/h15-16H,8-14H2,1-7H3,(H,21,25)(H,22,26)/t15-,16-/m0/s1. The third-order valence-corrected chi connectivity index (χ3v) is 4.42. The molecule has 0 saturated carbocycles. The quantitative estimate of drug-likeness (QED) is 0.504. The number of rotatable bonds is 12. The summed E-state index contributed by atoms with van der Waals surface area (Å²) in [4.78, 5) is 38.3. The summed E-state index contributed by atoms with van der Waals surface area (Å²) in [5, 5.41) is 5.36. The van der Waals surface area contributed by atoms with Crippen LogP contribution in [0.4, 0.5) is 4.79 Å². The van der Waals surface area contributed by atoms with Crippen LogP contribution in [0.5, 0.6) is 0 Å². The Morgan fingerprint density at radius 2 is 1.78 bits per heavy atom. The number of hydrogen-bond donors (Lipinski definition) is 2. The summed E-state index contributed by atoms with van der Waals surface area (Å²) in [6.07, 6.45) is 2.89. The second kappa shape index (κ2) is 12.7. The molecule has 0 radical (unpaired) electrons. The Balaban J connectivity index is 4.38. The van der Waals surface area contributed by atoms with Crippen LogP contribution in [0.2, 0.25) is 0 Å². The maximum absolute atomic E-state index is 12.5. The average Bonchev–Trinajstić information content (AvgIpc) is 2.57. The molecule has 27 heavy (non-hydrogen) atoms. The van der Waals surface area contributed by atoms with E-state index in [1.54, 1.807) is 7.05 Å². The summed E-state index contributed by atoms with van der Waals surface area (Å²) in [6.45, 7) is 10.8. The van der Waals surface area contributed by atoms with Crippen molar-refractivity contribution >= 4 is 17.8 Å². The van der Waals surface area contributed by atoms with Crippen LogP contribution in [-0.4, -0.2) is 61.5 Å². The van der Waals surface area contributed by atoms with Crippen LogP contribution in [0.25, 0.3) is 0 Å². The van der Waals surface area contributed by atoms with E-state index in [0.29, 0.717) is 13.0 Å². The molecule has 0 aliphatic heterocycles. The van der Waals surface area contributed by atoms with E-state index in [9.17, 15) is 14.4 Å². The molecule has 2 amide bonds. The molecule has 0 aromatic carbocycles. The molecule has 0 bridgehead atoms. The molecule has 0 saturated heterocycles. The van der Waals surface area contributed by atoms with Crippen molar-refractivity contribution in [3.8, 4) is 0 Å². The molecule has 158 valence electrons. The van der Waals surface area contributed by atoms with Crippen molar-refractivity contribution < 1.29 is 19.1 Å². The minimum atomic E-state index is -0.517. The second-order valence-electron chi connectivity index (χ2n) is 8.06. The maximum Gasteiger partial charge on any atom is 0.407 e. The highest BCUT2D eigenvalue weighted by atomic mass is 16.6. The highest BCUT2D eigenvalue weighted by Gasteiger charge is 2.25. The zero-order valence-corrected chi connectivity index (χ0v) is 18.2. The van der Waals surface area contributed by atoms with Crippen LogP contribution < -0.4 is 10.6 Å². The van der Waals surface area contributed by atoms with E-state index in [1.165, 1.54) is 0 Å². The van der Waals surface area contributed by atoms with Crippen molar-refractivity contribution in [1.82, 2.24) is 15.5 Å². The Morgan fingerprint density at radius 3 is 2.30 bits per heavy atom. The summed E-state index contributed by atoms with van der Waals surface area (Å²) in [7, 11) is 3.53. The van der Waals surface area contributed by atoms with Gasteiger partial charge in [-0.05, 0) is 60.5 Å². The van der Waals surface area contributed by atoms with Crippen LogP contribution in [0, 0.1) is 5.92 Å². The Hall–Kier alpha value is -1.63. The number of amides is 2. The summed E-state index contributed by atoms with van der Waals surface area (Å²) >= 11 is 0. The van der Waals surface area contributed by atoms with Gasteiger partial charge >= 0.3 is 6.09 Å². The van der Waals surface area contributed by atoms with Gasteiger partial charge in [-0.25, -0.2) is 4.79 Å². The summed E-state index contributed by atoms with van der Waals surface area (Å²) < 4.78 is 5.18.